The second-order valence-corrected chi connectivity index (χ2v) is 3.90. The highest BCUT2D eigenvalue weighted by atomic mass is 35.5. The summed E-state index contributed by atoms with van der Waals surface area (Å²) in [6.45, 7) is 0. The van der Waals surface area contributed by atoms with Gasteiger partial charge in [0.2, 0.25) is 11.6 Å². The lowest BCUT2D eigenvalue weighted by Crippen LogP contribution is -2.23. The first-order valence-corrected chi connectivity index (χ1v) is 4.81. The number of aliphatic hydroxyl groups is 1. The summed E-state index contributed by atoms with van der Waals surface area (Å²) in [5.41, 5.74) is -2.13. The van der Waals surface area contributed by atoms with Gasteiger partial charge in [0.05, 0.1) is 5.57 Å². The van der Waals surface area contributed by atoms with E-state index in [1.807, 2.05) is 0 Å². The van der Waals surface area contributed by atoms with E-state index in [1.165, 1.54) is 0 Å². The molecule has 1 aliphatic carbocycles. The molecule has 0 fully saturated rings. The number of ketones is 2. The zero-order chi connectivity index (χ0) is 11.0. The van der Waals surface area contributed by atoms with Crippen LogP contribution in [-0.4, -0.2) is 22.2 Å². The molecule has 0 amide bonds. The van der Waals surface area contributed by atoms with Crippen molar-refractivity contribution in [2.45, 2.75) is 5.56 Å². The van der Waals surface area contributed by atoms with Crippen LogP contribution >= 0.6 is 46.4 Å². The van der Waals surface area contributed by atoms with Crippen LogP contribution in [0, 0.1) is 0 Å². The van der Waals surface area contributed by atoms with Crippen LogP contribution in [0.1, 0.15) is 0 Å². The molecule has 1 unspecified atom stereocenters. The Kier molecular flexibility index (Phi) is 3.61. The molecule has 0 aliphatic heterocycles. The highest BCUT2D eigenvalue weighted by Gasteiger charge is 2.35. The lowest BCUT2D eigenvalue weighted by atomic mass is 10.0. The number of Topliss-reactive ketones (excluding diaryl/α,β-unsaturated/α-hetero) is 2. The molecule has 3 nitrogen and oxygen atoms in total. The van der Waals surface area contributed by atoms with E-state index in [0.29, 0.717) is 0 Å². The second-order valence-electron chi connectivity index (χ2n) is 2.35. The molecule has 0 radical (unpaired) electrons. The molecule has 0 aromatic rings. The van der Waals surface area contributed by atoms with Gasteiger partial charge in [-0.1, -0.05) is 46.4 Å². The first kappa shape index (κ1) is 12.0. The molecule has 0 heterocycles. The van der Waals surface area contributed by atoms with Gasteiger partial charge in [-0.2, -0.15) is 0 Å². The number of allylic oxidation sites excluding steroid dienone is 3. The highest BCUT2D eigenvalue weighted by molar-refractivity contribution is 6.64. The SMILES string of the molecule is O=C1C(Cl)=C(Cl)C(=O)C(C(O)Cl)=C1Cl. The Morgan fingerprint density at radius 3 is 1.79 bits per heavy atom. The van der Waals surface area contributed by atoms with Crippen LogP contribution in [0.25, 0.3) is 0 Å². The van der Waals surface area contributed by atoms with E-state index in [0.717, 1.165) is 0 Å². The summed E-state index contributed by atoms with van der Waals surface area (Å²) < 4.78 is 0. The van der Waals surface area contributed by atoms with Crippen molar-refractivity contribution in [1.29, 1.82) is 0 Å². The second kappa shape index (κ2) is 4.21. The minimum atomic E-state index is -1.68. The summed E-state index contributed by atoms with van der Waals surface area (Å²) in [4.78, 5) is 22.5. The summed E-state index contributed by atoms with van der Waals surface area (Å²) in [6, 6.07) is 0. The number of aliphatic hydroxyl groups excluding tert-OH is 1. The van der Waals surface area contributed by atoms with E-state index in [4.69, 9.17) is 51.5 Å². The van der Waals surface area contributed by atoms with Gasteiger partial charge in [-0.25, -0.2) is 0 Å². The van der Waals surface area contributed by atoms with E-state index < -0.39 is 37.8 Å². The molecule has 76 valence electrons. The van der Waals surface area contributed by atoms with Crippen LogP contribution in [0.4, 0.5) is 0 Å². The van der Waals surface area contributed by atoms with Gasteiger partial charge in [0.1, 0.15) is 15.1 Å². The first-order valence-electron chi connectivity index (χ1n) is 3.24. The molecule has 0 aromatic heterocycles. The number of carbonyl (C=O) groups excluding carboxylic acids is 2. The van der Waals surface area contributed by atoms with Crippen molar-refractivity contribution in [3.8, 4) is 0 Å². The van der Waals surface area contributed by atoms with Crippen molar-refractivity contribution in [3.63, 3.8) is 0 Å². The Bertz CT molecular complexity index is 380. The zero-order valence-corrected chi connectivity index (χ0v) is 9.38. The van der Waals surface area contributed by atoms with Crippen molar-refractivity contribution in [1.82, 2.24) is 0 Å². The molecule has 0 saturated carbocycles. The molecule has 1 atom stereocenters. The standard InChI is InChI=1S/C7H2Cl4O3/c8-2-1(7(11)14)5(12)3(9)4(10)6(2)13/h7,14H. The molecule has 0 spiro atoms. The average molecular weight is 276 g/mol. The van der Waals surface area contributed by atoms with Crippen molar-refractivity contribution in [3.05, 3.63) is 20.7 Å². The Labute approximate surface area is 98.9 Å². The van der Waals surface area contributed by atoms with Gasteiger partial charge in [0, 0.05) is 0 Å². The fourth-order valence-corrected chi connectivity index (χ4v) is 1.81. The lowest BCUT2D eigenvalue weighted by Gasteiger charge is -2.15. The smallest absolute Gasteiger partial charge is 0.217 e. The molecule has 1 N–H and O–H groups in total. The monoisotopic (exact) mass is 274 g/mol. The maximum absolute atomic E-state index is 11.3. The summed E-state index contributed by atoms with van der Waals surface area (Å²) in [6.07, 6.45) is 0. The predicted molar refractivity (Wildman–Crippen MR) is 53.5 cm³/mol. The quantitative estimate of drug-likeness (QED) is 0.587. The van der Waals surface area contributed by atoms with E-state index in [-0.39, 0.29) is 0 Å². The number of halogens is 4. The number of alkyl halides is 1. The summed E-state index contributed by atoms with van der Waals surface area (Å²) in [7, 11) is 0. The van der Waals surface area contributed by atoms with Crippen LogP contribution < -0.4 is 0 Å². The van der Waals surface area contributed by atoms with Gasteiger partial charge in [-0.05, 0) is 0 Å². The predicted octanol–water partition coefficient (Wildman–Crippen LogP) is 1.88. The van der Waals surface area contributed by atoms with Crippen LogP contribution in [0.15, 0.2) is 20.7 Å². The van der Waals surface area contributed by atoms with E-state index >= 15 is 0 Å². The molecule has 7 heteroatoms. The van der Waals surface area contributed by atoms with E-state index in [2.05, 4.69) is 0 Å². The normalized spacial score (nSPS) is 20.6. The summed E-state index contributed by atoms with van der Waals surface area (Å²) >= 11 is 21.6. The van der Waals surface area contributed by atoms with Crippen molar-refractivity contribution < 1.29 is 14.7 Å². The third kappa shape index (κ3) is 1.83. The van der Waals surface area contributed by atoms with Crippen LogP contribution in [0.2, 0.25) is 0 Å². The lowest BCUT2D eigenvalue weighted by molar-refractivity contribution is -0.115. The largest absolute Gasteiger partial charge is 0.373 e. The maximum atomic E-state index is 11.3. The Balaban J connectivity index is 3.34. The number of hydrogen-bond acceptors (Lipinski definition) is 3. The van der Waals surface area contributed by atoms with Gasteiger partial charge in [0.15, 0.2) is 5.56 Å². The van der Waals surface area contributed by atoms with E-state index in [1.54, 1.807) is 0 Å². The van der Waals surface area contributed by atoms with Gasteiger partial charge in [-0.3, -0.25) is 9.59 Å². The molecule has 14 heavy (non-hydrogen) atoms. The molecular formula is C7H2Cl4O3. The fraction of sp³-hybridized carbons (Fsp3) is 0.143. The Morgan fingerprint density at radius 2 is 1.36 bits per heavy atom. The third-order valence-corrected chi connectivity index (χ3v) is 2.92. The molecule has 1 aliphatic rings. The maximum Gasteiger partial charge on any atom is 0.217 e. The minimum Gasteiger partial charge on any atom is -0.373 e. The topological polar surface area (TPSA) is 54.4 Å². The number of rotatable bonds is 1. The van der Waals surface area contributed by atoms with Crippen molar-refractivity contribution in [2.24, 2.45) is 0 Å². The van der Waals surface area contributed by atoms with Gasteiger partial charge in [-0.15, -0.1) is 0 Å². The Hall–Kier alpha value is -0.0600. The molecule has 0 saturated heterocycles. The first-order chi connectivity index (χ1) is 6.37. The molecule has 1 rings (SSSR count). The third-order valence-electron chi connectivity index (χ3n) is 1.51. The number of carbonyl (C=O) groups is 2. The number of hydrogen-bond donors (Lipinski definition) is 1. The van der Waals surface area contributed by atoms with Crippen LogP contribution in [0.5, 0.6) is 0 Å². The minimum absolute atomic E-state index is 0.451. The Morgan fingerprint density at radius 1 is 0.929 bits per heavy atom. The van der Waals surface area contributed by atoms with E-state index in [9.17, 15) is 9.59 Å². The van der Waals surface area contributed by atoms with Crippen molar-refractivity contribution in [2.75, 3.05) is 0 Å². The zero-order valence-electron chi connectivity index (χ0n) is 6.35. The summed E-state index contributed by atoms with van der Waals surface area (Å²) in [5.74, 6) is -1.67. The van der Waals surface area contributed by atoms with Crippen LogP contribution in [-0.2, 0) is 9.59 Å². The summed E-state index contributed by atoms with van der Waals surface area (Å²) in [5, 5.41) is 7.50. The van der Waals surface area contributed by atoms with Crippen LogP contribution in [0.3, 0.4) is 0 Å². The van der Waals surface area contributed by atoms with Crippen molar-refractivity contribution >= 4 is 58.0 Å². The fourth-order valence-electron chi connectivity index (χ4n) is 0.849. The average Bonchev–Trinajstić information content (AvgIpc) is 2.11. The van der Waals surface area contributed by atoms with Gasteiger partial charge < -0.3 is 5.11 Å². The molecule has 0 aromatic carbocycles. The van der Waals surface area contributed by atoms with Gasteiger partial charge >= 0.3 is 0 Å². The molecular weight excluding hydrogens is 274 g/mol. The highest BCUT2D eigenvalue weighted by Crippen LogP contribution is 2.33. The molecule has 0 bridgehead atoms. The van der Waals surface area contributed by atoms with Gasteiger partial charge in [0.25, 0.3) is 0 Å².